The Balaban J connectivity index is -0.00000000333. The Labute approximate surface area is 106 Å². The predicted octanol–water partition coefficient (Wildman–Crippen LogP) is -9.16. The molecule has 0 saturated carbocycles. The maximum Gasteiger partial charge on any atom is 3.00 e. The maximum atomic E-state index is 8.81. The van der Waals surface area contributed by atoms with Crippen LogP contribution in [0, 0.1) is 0 Å². The first-order valence-electron chi connectivity index (χ1n) is 0.813. The maximum absolute atomic E-state index is 8.81. The first-order chi connectivity index (χ1) is 1.41. The van der Waals surface area contributed by atoms with Gasteiger partial charge in [-0.2, -0.15) is 0 Å². The van der Waals surface area contributed by atoms with Gasteiger partial charge in [0, 0.05) is 0 Å². The molecule has 0 spiro atoms. The average molecular weight is 452 g/mol. The van der Waals surface area contributed by atoms with E-state index in [2.05, 4.69) is 0 Å². The molecule has 0 rings (SSSR count). The number of rotatable bonds is 0. The van der Waals surface area contributed by atoms with Crippen molar-refractivity contribution in [3.05, 3.63) is 0 Å². The van der Waals surface area contributed by atoms with E-state index in [9.17, 15) is 0 Å². The van der Waals surface area contributed by atoms with Crippen LogP contribution in [0.2, 0.25) is 0 Å². The third-order valence-electron chi connectivity index (χ3n) is 0. The minimum absolute atomic E-state index is 0. The van der Waals surface area contributed by atoms with E-state index in [0.717, 1.165) is 6.29 Å². The normalized spacial score (nSPS) is 1.86. The first-order valence-corrected chi connectivity index (χ1v) is 0.813. The Morgan fingerprint density at radius 2 is 1.14 bits per heavy atom. The van der Waals surface area contributed by atoms with Crippen LogP contribution in [-0.2, 0) is 4.79 Å². The van der Waals surface area contributed by atoms with Gasteiger partial charge < -0.3 is 76.7 Å². The fourth-order valence-corrected chi connectivity index (χ4v) is 0. The second-order valence-corrected chi connectivity index (χ2v) is 0.236. The summed E-state index contributed by atoms with van der Waals surface area (Å²) >= 11 is 0. The number of carbonyl (C=O) groups is 1. The average Bonchev–Trinajstić information content (AvgIpc) is 0.918. The van der Waals surface area contributed by atoms with Crippen molar-refractivity contribution < 1.29 is 76.7 Å². The topological polar surface area (TPSA) is 17.1 Å². The molecule has 0 aromatic heterocycles. The summed E-state index contributed by atoms with van der Waals surface area (Å²) in [6.45, 7) is 1.44. The molecule has 0 atom stereocenters. The first kappa shape index (κ1) is 34.3. The Bertz CT molecular complexity index is 20.4. The summed E-state index contributed by atoms with van der Waals surface area (Å²) in [7, 11) is 0. The second kappa shape index (κ2) is 39.9. The molecule has 0 aromatic rings. The van der Waals surface area contributed by atoms with Crippen LogP contribution in [-0.4, -0.2) is 23.6 Å². The molecule has 0 amide bonds. The van der Waals surface area contributed by atoms with Crippen molar-refractivity contribution in [1.82, 2.24) is 0 Å². The molecule has 0 N–H and O–H groups in total. The van der Waals surface area contributed by atoms with Gasteiger partial charge in [0.25, 0.3) is 0 Å². The molecule has 0 saturated heterocycles. The van der Waals surface area contributed by atoms with Crippen LogP contribution in [0.5, 0.6) is 0 Å². The van der Waals surface area contributed by atoms with E-state index >= 15 is 0 Å². The minimum atomic E-state index is 0. The molecule has 42 valence electrons. The molecule has 0 aliphatic rings. The predicted molar refractivity (Wildman–Crippen MR) is 17.5 cm³/mol. The van der Waals surface area contributed by atoms with Gasteiger partial charge in [0.15, 0.2) is 0 Å². The van der Waals surface area contributed by atoms with Gasteiger partial charge in [-0.15, -0.1) is 0 Å². The zero-order chi connectivity index (χ0) is 2.71. The van der Waals surface area contributed by atoms with Crippen LogP contribution < -0.4 is 71.9 Å². The molecule has 7 heavy (non-hydrogen) atoms. The van der Waals surface area contributed by atoms with Crippen molar-refractivity contribution in [3.63, 3.8) is 0 Å². The molecule has 0 radical (unpaired) electrons. The Morgan fingerprint density at radius 3 is 1.14 bits per heavy atom. The van der Waals surface area contributed by atoms with Gasteiger partial charge in [-0.3, -0.25) is 0 Å². The molecule has 0 aromatic carbocycles. The van der Waals surface area contributed by atoms with Gasteiger partial charge in [0.1, 0.15) is 6.29 Å². The smallest absolute Gasteiger partial charge is 1.00 e. The summed E-state index contributed by atoms with van der Waals surface area (Å²) in [5.41, 5.74) is 0. The standard InChI is InChI=1S/C2H4O.Al.3HI/c1-2-3;;;;/h2H,1H3;;3*1H/q;+3;;;/p-3. The summed E-state index contributed by atoms with van der Waals surface area (Å²) in [6, 6.07) is 0. The van der Waals surface area contributed by atoms with Crippen molar-refractivity contribution in [3.8, 4) is 0 Å². The Hall–Kier alpha value is 2.39. The molecule has 1 nitrogen and oxygen atoms in total. The van der Waals surface area contributed by atoms with Crippen LogP contribution in [0.1, 0.15) is 6.92 Å². The fourth-order valence-electron chi connectivity index (χ4n) is 0. The summed E-state index contributed by atoms with van der Waals surface area (Å²) in [5.74, 6) is 0. The van der Waals surface area contributed by atoms with Crippen LogP contribution in [0.25, 0.3) is 0 Å². The van der Waals surface area contributed by atoms with E-state index in [1.54, 1.807) is 0 Å². The third-order valence-corrected chi connectivity index (χ3v) is 0. The van der Waals surface area contributed by atoms with Crippen molar-refractivity contribution >= 4 is 23.6 Å². The van der Waals surface area contributed by atoms with E-state index in [1.165, 1.54) is 6.92 Å². The van der Waals surface area contributed by atoms with Crippen LogP contribution in [0.15, 0.2) is 0 Å². The number of halogens is 3. The largest absolute Gasteiger partial charge is 3.00 e. The quantitative estimate of drug-likeness (QED) is 0.203. The molecular formula is C2H4AlI3O. The van der Waals surface area contributed by atoms with Gasteiger partial charge in [-0.1, -0.05) is 0 Å². The van der Waals surface area contributed by atoms with E-state index in [-0.39, 0.29) is 89.3 Å². The fraction of sp³-hybridized carbons (Fsp3) is 0.500. The van der Waals surface area contributed by atoms with Crippen molar-refractivity contribution in [2.45, 2.75) is 6.92 Å². The molecule has 0 fully saturated rings. The van der Waals surface area contributed by atoms with E-state index in [1.807, 2.05) is 0 Å². The van der Waals surface area contributed by atoms with Gasteiger partial charge in [-0.05, 0) is 6.92 Å². The van der Waals surface area contributed by atoms with Gasteiger partial charge in [0.05, 0.1) is 0 Å². The molecule has 0 aliphatic carbocycles. The van der Waals surface area contributed by atoms with Gasteiger partial charge in [0.2, 0.25) is 0 Å². The molecule has 5 heteroatoms. The summed E-state index contributed by atoms with van der Waals surface area (Å²) in [4.78, 5) is 8.81. The van der Waals surface area contributed by atoms with Gasteiger partial charge in [-0.25, -0.2) is 0 Å². The number of hydrogen-bond donors (Lipinski definition) is 0. The van der Waals surface area contributed by atoms with Gasteiger partial charge >= 0.3 is 17.4 Å². The van der Waals surface area contributed by atoms with Crippen LogP contribution >= 0.6 is 0 Å². The molecule has 0 unspecified atom stereocenters. The van der Waals surface area contributed by atoms with Crippen molar-refractivity contribution in [2.24, 2.45) is 0 Å². The third kappa shape index (κ3) is 59.9. The zero-order valence-electron chi connectivity index (χ0n) is 3.70. The second-order valence-electron chi connectivity index (χ2n) is 0.236. The van der Waals surface area contributed by atoms with Crippen molar-refractivity contribution in [2.75, 3.05) is 0 Å². The Kier molecular flexibility index (Phi) is 195. The number of carbonyl (C=O) groups excluding carboxylic acids is 1. The Morgan fingerprint density at radius 1 is 1.14 bits per heavy atom. The SMILES string of the molecule is CC=O.[Al+3].[I-].[I-].[I-]. The van der Waals surface area contributed by atoms with E-state index in [4.69, 9.17) is 4.79 Å². The zero-order valence-corrected chi connectivity index (χ0v) is 11.3. The molecule has 0 heterocycles. The van der Waals surface area contributed by atoms with E-state index < -0.39 is 0 Å². The van der Waals surface area contributed by atoms with E-state index in [0.29, 0.717) is 0 Å². The minimum Gasteiger partial charge on any atom is -1.00 e. The molecular weight excluding hydrogens is 448 g/mol. The number of hydrogen-bond acceptors (Lipinski definition) is 1. The molecule has 0 bridgehead atoms. The monoisotopic (exact) mass is 452 g/mol. The molecule has 0 aliphatic heterocycles. The summed E-state index contributed by atoms with van der Waals surface area (Å²) in [5, 5.41) is 0. The summed E-state index contributed by atoms with van der Waals surface area (Å²) < 4.78 is 0. The number of aldehydes is 1. The van der Waals surface area contributed by atoms with Crippen molar-refractivity contribution in [1.29, 1.82) is 0 Å². The van der Waals surface area contributed by atoms with Crippen LogP contribution in [0.4, 0.5) is 0 Å². The summed E-state index contributed by atoms with van der Waals surface area (Å²) in [6.07, 6.45) is 0.750. The van der Waals surface area contributed by atoms with Crippen LogP contribution in [0.3, 0.4) is 0 Å².